The minimum absolute atomic E-state index is 0.557. The summed E-state index contributed by atoms with van der Waals surface area (Å²) in [5, 5.41) is 3.43. The van der Waals surface area contributed by atoms with Crippen LogP contribution in [-0.2, 0) is 4.74 Å². The van der Waals surface area contributed by atoms with Gasteiger partial charge in [0.05, 0.1) is 0 Å². The van der Waals surface area contributed by atoms with Crippen LogP contribution in [0.5, 0.6) is 0 Å². The van der Waals surface area contributed by atoms with Crippen molar-refractivity contribution in [3.05, 3.63) is 11.8 Å². The smallest absolute Gasteiger partial charge is 0.210 e. The standard InChI is InChI=1S/C14H26N4O/c1-12-11-15-6-7-18(12)13-4-5-16-14(10-13)19-9-8-17(2)3/h10,12,15H,4-9,11H2,1-3H3. The van der Waals surface area contributed by atoms with Crippen LogP contribution in [0.4, 0.5) is 0 Å². The van der Waals surface area contributed by atoms with Crippen LogP contribution in [0.1, 0.15) is 13.3 Å². The molecule has 5 heteroatoms. The Labute approximate surface area is 116 Å². The van der Waals surface area contributed by atoms with E-state index in [1.807, 2.05) is 0 Å². The lowest BCUT2D eigenvalue weighted by molar-refractivity contribution is 0.213. The van der Waals surface area contributed by atoms with Gasteiger partial charge in [0.2, 0.25) is 5.90 Å². The van der Waals surface area contributed by atoms with Crippen LogP contribution in [0.2, 0.25) is 0 Å². The molecule has 0 aliphatic carbocycles. The van der Waals surface area contributed by atoms with E-state index in [1.54, 1.807) is 0 Å². The highest BCUT2D eigenvalue weighted by molar-refractivity contribution is 5.89. The van der Waals surface area contributed by atoms with E-state index >= 15 is 0 Å². The maximum atomic E-state index is 5.74. The lowest BCUT2D eigenvalue weighted by atomic mass is 10.1. The lowest BCUT2D eigenvalue weighted by Crippen LogP contribution is -2.49. The number of piperazine rings is 1. The van der Waals surface area contributed by atoms with Crippen molar-refractivity contribution in [3.63, 3.8) is 0 Å². The first-order valence-corrected chi connectivity index (χ1v) is 7.16. The molecule has 0 bridgehead atoms. The molecular weight excluding hydrogens is 240 g/mol. The average molecular weight is 266 g/mol. The Morgan fingerprint density at radius 2 is 2.37 bits per heavy atom. The molecule has 0 aromatic rings. The number of dihydropyridines is 1. The molecule has 1 unspecified atom stereocenters. The second-order valence-electron chi connectivity index (χ2n) is 5.50. The SMILES string of the molecule is CC1CNCCN1C1=CC(OCCN(C)C)=NCC1. The van der Waals surface area contributed by atoms with Crippen LogP contribution in [0, 0.1) is 0 Å². The van der Waals surface area contributed by atoms with Crippen molar-refractivity contribution in [2.45, 2.75) is 19.4 Å². The van der Waals surface area contributed by atoms with Crippen molar-refractivity contribution in [1.29, 1.82) is 0 Å². The molecule has 1 atom stereocenters. The number of nitrogens with one attached hydrogen (secondary N) is 1. The minimum atomic E-state index is 0.557. The van der Waals surface area contributed by atoms with Gasteiger partial charge in [0.15, 0.2) is 0 Å². The van der Waals surface area contributed by atoms with Crippen LogP contribution < -0.4 is 5.32 Å². The summed E-state index contributed by atoms with van der Waals surface area (Å²) in [7, 11) is 4.10. The van der Waals surface area contributed by atoms with E-state index in [0.717, 1.165) is 45.0 Å². The Kier molecular flexibility index (Phi) is 5.22. The van der Waals surface area contributed by atoms with Gasteiger partial charge in [0.25, 0.3) is 0 Å². The fraction of sp³-hybridized carbons (Fsp3) is 0.786. The first kappa shape index (κ1) is 14.3. The highest BCUT2D eigenvalue weighted by Gasteiger charge is 2.22. The van der Waals surface area contributed by atoms with E-state index in [9.17, 15) is 0 Å². The monoisotopic (exact) mass is 266 g/mol. The number of aliphatic imine (C=N–C) groups is 1. The highest BCUT2D eigenvalue weighted by Crippen LogP contribution is 2.18. The third kappa shape index (κ3) is 4.21. The zero-order valence-corrected chi connectivity index (χ0v) is 12.4. The van der Waals surface area contributed by atoms with Crippen LogP contribution >= 0.6 is 0 Å². The molecule has 108 valence electrons. The predicted molar refractivity (Wildman–Crippen MR) is 78.5 cm³/mol. The Hall–Kier alpha value is -1.07. The highest BCUT2D eigenvalue weighted by atomic mass is 16.5. The fourth-order valence-electron chi connectivity index (χ4n) is 2.46. The van der Waals surface area contributed by atoms with Gasteiger partial charge in [-0.25, -0.2) is 0 Å². The number of nitrogens with zero attached hydrogens (tertiary/aromatic N) is 3. The first-order valence-electron chi connectivity index (χ1n) is 7.16. The molecule has 0 aromatic carbocycles. The molecule has 2 aliphatic heterocycles. The van der Waals surface area contributed by atoms with Gasteiger partial charge in [-0.05, 0) is 21.0 Å². The molecule has 0 spiro atoms. The molecule has 1 N–H and O–H groups in total. The van der Waals surface area contributed by atoms with E-state index in [1.165, 1.54) is 5.70 Å². The minimum Gasteiger partial charge on any atom is -0.476 e. The number of likely N-dealkylation sites (N-methyl/N-ethyl adjacent to an activating group) is 1. The number of ether oxygens (including phenoxy) is 1. The van der Waals surface area contributed by atoms with Crippen molar-refractivity contribution in [3.8, 4) is 0 Å². The van der Waals surface area contributed by atoms with Gasteiger partial charge in [-0.3, -0.25) is 4.99 Å². The molecule has 0 radical (unpaired) electrons. The van der Waals surface area contributed by atoms with Crippen LogP contribution in [0.15, 0.2) is 16.8 Å². The third-order valence-corrected chi connectivity index (χ3v) is 3.58. The van der Waals surface area contributed by atoms with Crippen molar-refractivity contribution in [2.75, 3.05) is 53.4 Å². The van der Waals surface area contributed by atoms with Gasteiger partial charge >= 0.3 is 0 Å². The fourth-order valence-corrected chi connectivity index (χ4v) is 2.46. The summed E-state index contributed by atoms with van der Waals surface area (Å²) in [5.74, 6) is 0.800. The van der Waals surface area contributed by atoms with Crippen molar-refractivity contribution < 1.29 is 4.74 Å². The summed E-state index contributed by atoms with van der Waals surface area (Å²) >= 11 is 0. The van der Waals surface area contributed by atoms with Crippen LogP contribution in [-0.4, -0.2) is 75.2 Å². The quantitative estimate of drug-likeness (QED) is 0.806. The zero-order chi connectivity index (χ0) is 13.7. The summed E-state index contributed by atoms with van der Waals surface area (Å²) in [6.45, 7) is 7.95. The number of rotatable bonds is 4. The summed E-state index contributed by atoms with van der Waals surface area (Å²) < 4.78 is 5.74. The molecule has 2 aliphatic rings. The van der Waals surface area contributed by atoms with E-state index in [2.05, 4.69) is 47.2 Å². The predicted octanol–water partition coefficient (Wildman–Crippen LogP) is 0.544. The van der Waals surface area contributed by atoms with E-state index in [0.29, 0.717) is 12.6 Å². The molecule has 0 amide bonds. The Morgan fingerprint density at radius 1 is 1.53 bits per heavy atom. The number of hydrogen-bond acceptors (Lipinski definition) is 5. The third-order valence-electron chi connectivity index (χ3n) is 3.58. The second kappa shape index (κ2) is 6.91. The maximum absolute atomic E-state index is 5.74. The Morgan fingerprint density at radius 3 is 3.11 bits per heavy atom. The van der Waals surface area contributed by atoms with Gasteiger partial charge < -0.3 is 19.9 Å². The Bertz CT molecular complexity index is 351. The summed E-state index contributed by atoms with van der Waals surface area (Å²) in [6.07, 6.45) is 3.16. The van der Waals surface area contributed by atoms with Crippen molar-refractivity contribution >= 4 is 5.90 Å². The summed E-state index contributed by atoms with van der Waals surface area (Å²) in [5.41, 5.74) is 1.38. The Balaban J connectivity index is 1.90. The lowest BCUT2D eigenvalue weighted by Gasteiger charge is -2.38. The van der Waals surface area contributed by atoms with E-state index < -0.39 is 0 Å². The van der Waals surface area contributed by atoms with E-state index in [4.69, 9.17) is 4.74 Å². The largest absolute Gasteiger partial charge is 0.476 e. The van der Waals surface area contributed by atoms with Crippen molar-refractivity contribution in [2.24, 2.45) is 4.99 Å². The molecule has 2 rings (SSSR count). The normalized spacial score (nSPS) is 24.2. The first-order chi connectivity index (χ1) is 9.16. The molecule has 0 saturated carbocycles. The van der Waals surface area contributed by atoms with Gasteiger partial charge in [-0.1, -0.05) is 0 Å². The molecular formula is C14H26N4O. The molecule has 0 aromatic heterocycles. The maximum Gasteiger partial charge on any atom is 0.210 e. The van der Waals surface area contributed by atoms with Crippen LogP contribution in [0.3, 0.4) is 0 Å². The van der Waals surface area contributed by atoms with Crippen LogP contribution in [0.25, 0.3) is 0 Å². The van der Waals surface area contributed by atoms with Gasteiger partial charge in [0, 0.05) is 57.0 Å². The zero-order valence-electron chi connectivity index (χ0n) is 12.4. The molecule has 2 heterocycles. The molecule has 1 fully saturated rings. The van der Waals surface area contributed by atoms with Crippen molar-refractivity contribution in [1.82, 2.24) is 15.1 Å². The summed E-state index contributed by atoms with van der Waals surface area (Å²) in [6, 6.07) is 0.557. The molecule has 5 nitrogen and oxygen atoms in total. The summed E-state index contributed by atoms with van der Waals surface area (Å²) in [4.78, 5) is 9.06. The van der Waals surface area contributed by atoms with Gasteiger partial charge in [-0.15, -0.1) is 0 Å². The second-order valence-corrected chi connectivity index (χ2v) is 5.50. The van der Waals surface area contributed by atoms with Gasteiger partial charge in [-0.2, -0.15) is 0 Å². The van der Waals surface area contributed by atoms with Gasteiger partial charge in [0.1, 0.15) is 6.61 Å². The van der Waals surface area contributed by atoms with E-state index in [-0.39, 0.29) is 0 Å². The average Bonchev–Trinajstić information content (AvgIpc) is 2.39. The topological polar surface area (TPSA) is 40.1 Å². The molecule has 1 saturated heterocycles. The number of hydrogen-bond donors (Lipinski definition) is 1. The molecule has 19 heavy (non-hydrogen) atoms.